The van der Waals surface area contributed by atoms with Gasteiger partial charge in [0.1, 0.15) is 0 Å². The topological polar surface area (TPSA) is 142 Å². The lowest BCUT2D eigenvalue weighted by molar-refractivity contribution is -0.222. The zero-order chi connectivity index (χ0) is 24.3. The van der Waals surface area contributed by atoms with Crippen LogP contribution in [0.1, 0.15) is 17.3 Å². The van der Waals surface area contributed by atoms with Gasteiger partial charge in [0.2, 0.25) is 0 Å². The Bertz CT molecular complexity index is 1150. The molecule has 0 fully saturated rings. The van der Waals surface area contributed by atoms with Crippen LogP contribution in [0.25, 0.3) is 0 Å². The molecule has 2 aromatic carbocycles. The van der Waals surface area contributed by atoms with Gasteiger partial charge in [-0.2, -0.15) is 17.6 Å². The number of carbonyl (C=O) groups is 3. The van der Waals surface area contributed by atoms with Crippen molar-refractivity contribution in [2.24, 2.45) is 0 Å². The van der Waals surface area contributed by atoms with Crippen molar-refractivity contribution in [3.8, 4) is 0 Å². The molecule has 0 spiro atoms. The molecule has 0 atom stereocenters. The third kappa shape index (κ3) is 5.14. The normalized spacial score (nSPS) is 12.0. The van der Waals surface area contributed by atoms with Crippen molar-refractivity contribution < 1.29 is 45.5 Å². The van der Waals surface area contributed by atoms with Gasteiger partial charge in [0.25, 0.3) is 10.0 Å². The van der Waals surface area contributed by atoms with Crippen molar-refractivity contribution in [1.29, 1.82) is 0 Å². The second kappa shape index (κ2) is 8.82. The molecule has 0 heterocycles. The zero-order valence-corrected chi connectivity index (χ0v) is 16.8. The SMILES string of the molecule is CC(=O)c1cccc(S(=O)(=O)Nc2ccc(NNC(=O)C(F)(F)C(F)(F)C(=O)O)cc2)c1. The van der Waals surface area contributed by atoms with E-state index in [4.69, 9.17) is 5.11 Å². The van der Waals surface area contributed by atoms with Gasteiger partial charge in [0, 0.05) is 11.3 Å². The molecule has 0 aliphatic rings. The van der Waals surface area contributed by atoms with Crippen molar-refractivity contribution in [3.05, 3.63) is 54.1 Å². The first-order valence-electron chi connectivity index (χ1n) is 8.48. The smallest absolute Gasteiger partial charge is 0.413 e. The monoisotopic (exact) mass is 477 g/mol. The Hall–Kier alpha value is -3.68. The zero-order valence-electron chi connectivity index (χ0n) is 16.0. The highest BCUT2D eigenvalue weighted by Gasteiger charge is 2.67. The number of hydrogen-bond acceptors (Lipinski definition) is 6. The molecule has 2 rings (SSSR count). The molecule has 0 aliphatic heterocycles. The van der Waals surface area contributed by atoms with Gasteiger partial charge in [0.15, 0.2) is 5.78 Å². The van der Waals surface area contributed by atoms with E-state index in [2.05, 4.69) is 4.72 Å². The predicted octanol–water partition coefficient (Wildman–Crippen LogP) is 2.49. The van der Waals surface area contributed by atoms with Crippen LogP contribution in [0.2, 0.25) is 0 Å². The highest BCUT2D eigenvalue weighted by Crippen LogP contribution is 2.34. The van der Waals surface area contributed by atoms with E-state index in [-0.39, 0.29) is 27.6 Å². The van der Waals surface area contributed by atoms with E-state index in [1.54, 1.807) is 0 Å². The molecule has 0 bridgehead atoms. The molecule has 32 heavy (non-hydrogen) atoms. The molecule has 0 aliphatic carbocycles. The van der Waals surface area contributed by atoms with Crippen molar-refractivity contribution in [2.75, 3.05) is 10.1 Å². The largest absolute Gasteiger partial charge is 0.477 e. The van der Waals surface area contributed by atoms with Crippen LogP contribution in [-0.4, -0.2) is 43.0 Å². The fourth-order valence-corrected chi connectivity index (χ4v) is 3.31. The Morgan fingerprint density at radius 3 is 2.00 bits per heavy atom. The first kappa shape index (κ1) is 24.6. The van der Waals surface area contributed by atoms with Crippen molar-refractivity contribution >= 4 is 39.1 Å². The van der Waals surface area contributed by atoms with E-state index >= 15 is 0 Å². The average Bonchev–Trinajstić information content (AvgIpc) is 2.72. The molecule has 0 unspecified atom stereocenters. The first-order chi connectivity index (χ1) is 14.7. The van der Waals surface area contributed by atoms with Crippen molar-refractivity contribution in [3.63, 3.8) is 0 Å². The molecular weight excluding hydrogens is 462 g/mol. The van der Waals surface area contributed by atoms with Crippen LogP contribution in [0.15, 0.2) is 53.4 Å². The van der Waals surface area contributed by atoms with E-state index in [0.29, 0.717) is 0 Å². The first-order valence-corrected chi connectivity index (χ1v) is 9.96. The van der Waals surface area contributed by atoms with Gasteiger partial charge in [-0.15, -0.1) is 0 Å². The van der Waals surface area contributed by atoms with Crippen LogP contribution in [0.4, 0.5) is 28.9 Å². The van der Waals surface area contributed by atoms with Crippen LogP contribution < -0.4 is 15.6 Å². The summed E-state index contributed by atoms with van der Waals surface area (Å²) in [6.07, 6.45) is 0. The van der Waals surface area contributed by atoms with Crippen LogP contribution in [0, 0.1) is 0 Å². The summed E-state index contributed by atoms with van der Waals surface area (Å²) in [6, 6.07) is 9.78. The average molecular weight is 477 g/mol. The van der Waals surface area contributed by atoms with E-state index in [1.165, 1.54) is 36.6 Å². The molecule has 4 N–H and O–H groups in total. The summed E-state index contributed by atoms with van der Waals surface area (Å²) >= 11 is 0. The van der Waals surface area contributed by atoms with Gasteiger partial charge in [-0.25, -0.2) is 13.2 Å². The maximum absolute atomic E-state index is 13.4. The number of halogens is 4. The maximum Gasteiger partial charge on any atom is 0.413 e. The van der Waals surface area contributed by atoms with Gasteiger partial charge < -0.3 is 5.11 Å². The molecule has 2 aromatic rings. The summed E-state index contributed by atoms with van der Waals surface area (Å²) in [7, 11) is -4.08. The van der Waals surface area contributed by atoms with Gasteiger partial charge in [-0.3, -0.25) is 25.2 Å². The van der Waals surface area contributed by atoms with Crippen LogP contribution >= 0.6 is 0 Å². The lowest BCUT2D eigenvalue weighted by atomic mass is 10.1. The number of carboxylic acid groups (broad SMARTS) is 1. The summed E-state index contributed by atoms with van der Waals surface area (Å²) < 4.78 is 79.8. The second-order valence-corrected chi connectivity index (χ2v) is 7.98. The Balaban J connectivity index is 2.08. The quantitative estimate of drug-likeness (QED) is 0.247. The number of hydrazine groups is 1. The number of carboxylic acids is 1. The fourth-order valence-electron chi connectivity index (χ4n) is 2.20. The van der Waals surface area contributed by atoms with Crippen LogP contribution in [0.3, 0.4) is 0 Å². The number of nitrogens with one attached hydrogen (secondary N) is 3. The van der Waals surface area contributed by atoms with Gasteiger partial charge in [0.05, 0.1) is 10.6 Å². The second-order valence-electron chi connectivity index (χ2n) is 6.30. The molecule has 9 nitrogen and oxygen atoms in total. The van der Waals surface area contributed by atoms with E-state index in [9.17, 15) is 40.4 Å². The van der Waals surface area contributed by atoms with Gasteiger partial charge >= 0.3 is 23.7 Å². The number of ketones is 1. The number of benzene rings is 2. The summed E-state index contributed by atoms with van der Waals surface area (Å²) in [4.78, 5) is 32.8. The number of carbonyl (C=O) groups excluding carboxylic acids is 2. The number of Topliss-reactive ketones (excluding diaryl/α,β-unsaturated/α-hetero) is 1. The number of sulfonamides is 1. The third-order valence-corrected chi connectivity index (χ3v) is 5.34. The maximum atomic E-state index is 13.4. The summed E-state index contributed by atoms with van der Waals surface area (Å²) in [5, 5.41) is 8.16. The lowest BCUT2D eigenvalue weighted by Gasteiger charge is -2.22. The highest BCUT2D eigenvalue weighted by atomic mass is 32.2. The molecule has 0 radical (unpaired) electrons. The minimum Gasteiger partial charge on any atom is -0.477 e. The number of hydrogen-bond donors (Lipinski definition) is 4. The molecule has 172 valence electrons. The minimum absolute atomic E-state index is 0.0119. The van der Waals surface area contributed by atoms with Gasteiger partial charge in [-0.1, -0.05) is 12.1 Å². The Labute approximate surface area is 178 Å². The lowest BCUT2D eigenvalue weighted by Crippen LogP contribution is -2.57. The van der Waals surface area contributed by atoms with Crippen LogP contribution in [0.5, 0.6) is 0 Å². The Morgan fingerprint density at radius 1 is 0.906 bits per heavy atom. The number of aliphatic carboxylic acids is 1. The van der Waals surface area contributed by atoms with E-state index < -0.39 is 33.7 Å². The number of amides is 1. The molecule has 14 heteroatoms. The molecule has 1 amide bonds. The molecule has 0 aromatic heterocycles. The highest BCUT2D eigenvalue weighted by molar-refractivity contribution is 7.92. The summed E-state index contributed by atoms with van der Waals surface area (Å²) in [5.41, 5.74) is 3.21. The van der Waals surface area contributed by atoms with Crippen LogP contribution in [-0.2, 0) is 19.6 Å². The Kier molecular flexibility index (Phi) is 6.78. The predicted molar refractivity (Wildman–Crippen MR) is 103 cm³/mol. The van der Waals surface area contributed by atoms with Crippen molar-refractivity contribution in [2.45, 2.75) is 23.7 Å². The van der Waals surface area contributed by atoms with E-state index in [0.717, 1.165) is 24.3 Å². The molecular formula is C18H15F4N3O6S. The number of anilines is 2. The van der Waals surface area contributed by atoms with Gasteiger partial charge in [-0.05, 0) is 43.3 Å². The third-order valence-electron chi connectivity index (χ3n) is 3.96. The fraction of sp³-hybridized carbons (Fsp3) is 0.167. The van der Waals surface area contributed by atoms with Crippen molar-refractivity contribution in [1.82, 2.24) is 5.43 Å². The summed E-state index contributed by atoms with van der Waals surface area (Å²) in [5.74, 6) is -17.3. The summed E-state index contributed by atoms with van der Waals surface area (Å²) in [6.45, 7) is 1.27. The van der Waals surface area contributed by atoms with E-state index in [1.807, 2.05) is 5.43 Å². The number of alkyl halides is 4. The minimum atomic E-state index is -5.64. The molecule has 0 saturated carbocycles. The number of rotatable bonds is 9. The molecule has 0 saturated heterocycles. The standard InChI is InChI=1S/C18H15F4N3O6S/c1-10(26)11-3-2-4-14(9-11)32(30,31)25-13-7-5-12(6-8-13)23-24-15(27)17(19,20)18(21,22)16(28)29/h2-9,23,25H,1H3,(H,24,27)(H,28,29). The Morgan fingerprint density at radius 2 is 1.47 bits per heavy atom.